The largest absolute Gasteiger partial charge is 0.253 e. The molecule has 0 fully saturated rings. The van der Waals surface area contributed by atoms with E-state index in [1.54, 1.807) is 23.7 Å². The summed E-state index contributed by atoms with van der Waals surface area (Å²) >= 11 is 1.74. The number of aromatic nitrogens is 3. The predicted octanol–water partition coefficient (Wildman–Crippen LogP) is 3.88. The summed E-state index contributed by atoms with van der Waals surface area (Å²) in [6.07, 6.45) is 5.39. The van der Waals surface area contributed by atoms with Crippen LogP contribution in [0.4, 0.5) is 0 Å². The highest BCUT2D eigenvalue weighted by Crippen LogP contribution is 2.30. The van der Waals surface area contributed by atoms with E-state index in [4.69, 9.17) is 0 Å². The first-order valence-electron chi connectivity index (χ1n) is 5.91. The second-order valence-electron chi connectivity index (χ2n) is 4.48. The maximum Gasteiger partial charge on any atom is 0.123 e. The van der Waals surface area contributed by atoms with E-state index in [2.05, 4.69) is 34.9 Å². The molecule has 18 heavy (non-hydrogen) atoms. The second kappa shape index (κ2) is 4.46. The van der Waals surface area contributed by atoms with Crippen molar-refractivity contribution in [3.05, 3.63) is 41.7 Å². The van der Waals surface area contributed by atoms with Gasteiger partial charge in [0.15, 0.2) is 0 Å². The molecule has 0 radical (unpaired) electrons. The first kappa shape index (κ1) is 11.3. The van der Waals surface area contributed by atoms with Gasteiger partial charge in [-0.3, -0.25) is 9.97 Å². The summed E-state index contributed by atoms with van der Waals surface area (Å²) < 4.78 is 0. The monoisotopic (exact) mass is 255 g/mol. The van der Waals surface area contributed by atoms with Crippen molar-refractivity contribution in [1.82, 2.24) is 15.0 Å². The molecule has 0 bridgehead atoms. The fourth-order valence-corrected chi connectivity index (χ4v) is 2.70. The van der Waals surface area contributed by atoms with E-state index in [0.29, 0.717) is 5.92 Å². The van der Waals surface area contributed by atoms with Gasteiger partial charge in [0.05, 0.1) is 11.0 Å². The third-order valence-corrected chi connectivity index (χ3v) is 4.16. The molecule has 0 aliphatic carbocycles. The van der Waals surface area contributed by atoms with Crippen LogP contribution in [-0.2, 0) is 0 Å². The molecule has 4 heteroatoms. The van der Waals surface area contributed by atoms with Gasteiger partial charge in [-0.15, -0.1) is 11.3 Å². The zero-order valence-electron chi connectivity index (χ0n) is 10.3. The van der Waals surface area contributed by atoms with E-state index in [0.717, 1.165) is 21.6 Å². The minimum absolute atomic E-state index is 0.525. The summed E-state index contributed by atoms with van der Waals surface area (Å²) in [7, 11) is 0. The molecular formula is C14H13N3S. The smallest absolute Gasteiger partial charge is 0.123 e. The molecule has 0 amide bonds. The second-order valence-corrected chi connectivity index (χ2v) is 5.54. The van der Waals surface area contributed by atoms with E-state index in [9.17, 15) is 0 Å². The van der Waals surface area contributed by atoms with Gasteiger partial charge in [0.25, 0.3) is 0 Å². The van der Waals surface area contributed by atoms with Crippen molar-refractivity contribution in [3.63, 3.8) is 0 Å². The summed E-state index contributed by atoms with van der Waals surface area (Å²) in [4.78, 5) is 14.4. The molecular weight excluding hydrogens is 242 g/mol. The first-order valence-corrected chi connectivity index (χ1v) is 6.72. The molecule has 0 unspecified atom stereocenters. The van der Waals surface area contributed by atoms with Crippen LogP contribution in [0.25, 0.3) is 21.6 Å². The Bertz CT molecular complexity index is 688. The Balaban J connectivity index is 2.07. The molecule has 0 spiro atoms. The van der Waals surface area contributed by atoms with Crippen LogP contribution in [0.2, 0.25) is 0 Å². The first-order chi connectivity index (χ1) is 8.74. The van der Waals surface area contributed by atoms with Gasteiger partial charge in [0.1, 0.15) is 5.01 Å². The number of hydrogen-bond donors (Lipinski definition) is 0. The molecule has 0 saturated heterocycles. The van der Waals surface area contributed by atoms with Gasteiger partial charge >= 0.3 is 0 Å². The molecule has 90 valence electrons. The van der Waals surface area contributed by atoms with Gasteiger partial charge in [0, 0.05) is 29.0 Å². The lowest BCUT2D eigenvalue weighted by Crippen LogP contribution is -1.83. The van der Waals surface area contributed by atoms with Crippen molar-refractivity contribution in [2.24, 2.45) is 0 Å². The zero-order valence-corrected chi connectivity index (χ0v) is 11.1. The highest BCUT2D eigenvalue weighted by atomic mass is 32.1. The Morgan fingerprint density at radius 1 is 1.00 bits per heavy atom. The summed E-state index contributed by atoms with van der Waals surface area (Å²) in [5.74, 6) is 0.525. The van der Waals surface area contributed by atoms with Gasteiger partial charge in [-0.1, -0.05) is 13.8 Å². The number of hydrogen-bond acceptors (Lipinski definition) is 4. The number of benzene rings is 1. The number of fused-ring (bicyclic) bond motifs is 1. The van der Waals surface area contributed by atoms with Crippen LogP contribution in [0.5, 0.6) is 0 Å². The fourth-order valence-electron chi connectivity index (χ4n) is 1.78. The minimum atomic E-state index is 0.525. The zero-order chi connectivity index (χ0) is 12.5. The highest BCUT2D eigenvalue weighted by molar-refractivity contribution is 7.15. The van der Waals surface area contributed by atoms with Crippen molar-refractivity contribution in [2.45, 2.75) is 19.8 Å². The molecule has 0 saturated carbocycles. The lowest BCUT2D eigenvalue weighted by molar-refractivity contribution is 0.885. The lowest BCUT2D eigenvalue weighted by atomic mass is 10.2. The van der Waals surface area contributed by atoms with E-state index in [1.165, 1.54) is 4.88 Å². The van der Waals surface area contributed by atoms with Gasteiger partial charge in [-0.25, -0.2) is 4.98 Å². The Morgan fingerprint density at radius 3 is 2.50 bits per heavy atom. The van der Waals surface area contributed by atoms with Crippen LogP contribution >= 0.6 is 11.3 Å². The van der Waals surface area contributed by atoms with E-state index < -0.39 is 0 Å². The van der Waals surface area contributed by atoms with Crippen molar-refractivity contribution >= 4 is 22.4 Å². The van der Waals surface area contributed by atoms with Crippen LogP contribution < -0.4 is 0 Å². The van der Waals surface area contributed by atoms with Crippen LogP contribution in [0.15, 0.2) is 36.8 Å². The normalized spacial score (nSPS) is 11.3. The average molecular weight is 255 g/mol. The lowest BCUT2D eigenvalue weighted by Gasteiger charge is -1.99. The molecule has 3 aromatic rings. The fraction of sp³-hybridized carbons (Fsp3) is 0.214. The molecule has 3 nitrogen and oxygen atoms in total. The average Bonchev–Trinajstić information content (AvgIpc) is 2.88. The number of thiazole rings is 1. The number of rotatable bonds is 2. The molecule has 0 aliphatic heterocycles. The Kier molecular flexibility index (Phi) is 2.80. The van der Waals surface area contributed by atoms with Gasteiger partial charge in [-0.2, -0.15) is 0 Å². The van der Waals surface area contributed by atoms with Gasteiger partial charge in [-0.05, 0) is 24.1 Å². The molecule has 1 aromatic carbocycles. The van der Waals surface area contributed by atoms with E-state index in [-0.39, 0.29) is 0 Å². The summed E-state index contributed by atoms with van der Waals surface area (Å²) in [6, 6.07) is 6.10. The van der Waals surface area contributed by atoms with Crippen LogP contribution in [-0.4, -0.2) is 15.0 Å². The molecule has 2 aromatic heterocycles. The van der Waals surface area contributed by atoms with Crippen molar-refractivity contribution in [2.75, 3.05) is 0 Å². The molecule has 2 heterocycles. The summed E-state index contributed by atoms with van der Waals surface area (Å²) in [6.45, 7) is 4.37. The van der Waals surface area contributed by atoms with Crippen molar-refractivity contribution in [1.29, 1.82) is 0 Å². The van der Waals surface area contributed by atoms with Crippen LogP contribution in [0.1, 0.15) is 24.6 Å². The Morgan fingerprint density at radius 2 is 1.78 bits per heavy atom. The van der Waals surface area contributed by atoms with Gasteiger partial charge < -0.3 is 0 Å². The standard InChI is InChI=1S/C14H13N3S/c1-9(2)13-8-17-14(18-13)10-3-4-11-12(7-10)16-6-5-15-11/h3-9H,1-2H3. The minimum Gasteiger partial charge on any atom is -0.253 e. The SMILES string of the molecule is CC(C)c1cnc(-c2ccc3nccnc3c2)s1. The summed E-state index contributed by atoms with van der Waals surface area (Å²) in [5.41, 5.74) is 2.94. The molecule has 0 atom stereocenters. The topological polar surface area (TPSA) is 38.7 Å². The maximum absolute atomic E-state index is 4.48. The van der Waals surface area contributed by atoms with E-state index in [1.807, 2.05) is 18.3 Å². The Labute approximate surface area is 110 Å². The van der Waals surface area contributed by atoms with Crippen molar-refractivity contribution in [3.8, 4) is 10.6 Å². The Hall–Kier alpha value is -1.81. The molecule has 3 rings (SSSR count). The molecule has 0 N–H and O–H groups in total. The van der Waals surface area contributed by atoms with Gasteiger partial charge in [0.2, 0.25) is 0 Å². The van der Waals surface area contributed by atoms with Crippen molar-refractivity contribution < 1.29 is 0 Å². The number of nitrogens with zero attached hydrogens (tertiary/aromatic N) is 3. The summed E-state index contributed by atoms with van der Waals surface area (Å²) in [5, 5.41) is 1.05. The third-order valence-electron chi connectivity index (χ3n) is 2.81. The predicted molar refractivity (Wildman–Crippen MR) is 74.7 cm³/mol. The van der Waals surface area contributed by atoms with Crippen LogP contribution in [0.3, 0.4) is 0 Å². The van der Waals surface area contributed by atoms with E-state index >= 15 is 0 Å². The third kappa shape index (κ3) is 1.99. The highest BCUT2D eigenvalue weighted by Gasteiger charge is 2.08. The quantitative estimate of drug-likeness (QED) is 0.697. The maximum atomic E-state index is 4.48. The van der Waals surface area contributed by atoms with Crippen LogP contribution in [0, 0.1) is 0 Å². The molecule has 0 aliphatic rings.